The van der Waals surface area contributed by atoms with E-state index in [2.05, 4.69) is 82.4 Å². The summed E-state index contributed by atoms with van der Waals surface area (Å²) in [5.41, 5.74) is 3.78. The fourth-order valence-electron chi connectivity index (χ4n) is 7.48. The first-order valence-corrected chi connectivity index (χ1v) is 15.2. The van der Waals surface area contributed by atoms with Crippen molar-refractivity contribution in [3.63, 3.8) is 0 Å². The van der Waals surface area contributed by atoms with Gasteiger partial charge in [0.15, 0.2) is 0 Å². The molecule has 0 aliphatic carbocycles. The van der Waals surface area contributed by atoms with Crippen LogP contribution in [0.5, 0.6) is 0 Å². The molecule has 1 aromatic rings. The Balaban J connectivity index is 1.14. The molecule has 0 radical (unpaired) electrons. The van der Waals surface area contributed by atoms with Crippen LogP contribution in [0, 0.1) is 11.3 Å². The SMILES string of the molecule is CN1CCc2cc(NC3NCC4C(=O)N5C/C=C\CC(C)(C)CN6C(=O)COC7CCC(NC76)N5C4N3)ccc2C1. The van der Waals surface area contributed by atoms with Crippen LogP contribution < -0.4 is 21.3 Å². The van der Waals surface area contributed by atoms with Gasteiger partial charge in [-0.2, -0.15) is 5.01 Å². The van der Waals surface area contributed by atoms with Gasteiger partial charge >= 0.3 is 0 Å². The number of nitrogens with zero attached hydrogens (tertiary/aromatic N) is 4. The molecule has 6 aliphatic heterocycles. The molecule has 1 aromatic carbocycles. The number of hydrogen-bond donors (Lipinski definition) is 4. The average molecular weight is 565 g/mol. The summed E-state index contributed by atoms with van der Waals surface area (Å²) in [5, 5.41) is 18.8. The summed E-state index contributed by atoms with van der Waals surface area (Å²) in [6, 6.07) is 6.65. The fourth-order valence-corrected chi connectivity index (χ4v) is 7.48. The average Bonchev–Trinajstić information content (AvgIpc) is 3.22. The lowest BCUT2D eigenvalue weighted by atomic mass is 9.87. The molecular formula is C30H44N8O3. The molecule has 0 aromatic heterocycles. The summed E-state index contributed by atoms with van der Waals surface area (Å²) in [7, 11) is 2.17. The van der Waals surface area contributed by atoms with Gasteiger partial charge in [-0.15, -0.1) is 0 Å². The largest absolute Gasteiger partial charge is 0.365 e. The number of allylic oxidation sites excluding steroid dienone is 1. The van der Waals surface area contributed by atoms with E-state index in [4.69, 9.17) is 4.74 Å². The van der Waals surface area contributed by atoms with Crippen molar-refractivity contribution in [2.24, 2.45) is 11.3 Å². The molecule has 2 bridgehead atoms. The number of benzene rings is 1. The Morgan fingerprint density at radius 3 is 2.83 bits per heavy atom. The molecule has 6 aliphatic rings. The first-order valence-electron chi connectivity index (χ1n) is 15.2. The van der Waals surface area contributed by atoms with Crippen molar-refractivity contribution < 1.29 is 14.3 Å². The van der Waals surface area contributed by atoms with Crippen LogP contribution in [0.1, 0.15) is 44.2 Å². The van der Waals surface area contributed by atoms with Crippen molar-refractivity contribution in [1.82, 2.24) is 35.8 Å². The van der Waals surface area contributed by atoms with Gasteiger partial charge < -0.3 is 19.9 Å². The topological polar surface area (TPSA) is 104 Å². The van der Waals surface area contributed by atoms with E-state index in [0.717, 1.165) is 44.5 Å². The summed E-state index contributed by atoms with van der Waals surface area (Å²) >= 11 is 0. The van der Waals surface area contributed by atoms with Gasteiger partial charge in [-0.25, -0.2) is 0 Å². The van der Waals surface area contributed by atoms with Crippen LogP contribution in [0.2, 0.25) is 0 Å². The van der Waals surface area contributed by atoms with Crippen LogP contribution in [0.15, 0.2) is 30.4 Å². The molecule has 11 heteroatoms. The minimum Gasteiger partial charge on any atom is -0.365 e. The molecule has 0 spiro atoms. The lowest BCUT2D eigenvalue weighted by Crippen LogP contribution is -2.72. The number of likely N-dealkylation sites (N-methyl/N-ethyl adjacent to an activating group) is 1. The van der Waals surface area contributed by atoms with Gasteiger partial charge in [0.25, 0.3) is 0 Å². The molecular weight excluding hydrogens is 520 g/mol. The number of ether oxygens (including phenoxy) is 1. The predicted octanol–water partition coefficient (Wildman–Crippen LogP) is 0.813. The summed E-state index contributed by atoms with van der Waals surface area (Å²) in [6.07, 6.45) is 7.12. The van der Waals surface area contributed by atoms with E-state index in [1.807, 2.05) is 9.91 Å². The van der Waals surface area contributed by atoms with Crippen LogP contribution in [0.25, 0.3) is 0 Å². The van der Waals surface area contributed by atoms with E-state index < -0.39 is 0 Å². The number of rotatable bonds is 2. The first kappa shape index (κ1) is 27.3. The number of morpholine rings is 1. The second-order valence-electron chi connectivity index (χ2n) is 13.4. The van der Waals surface area contributed by atoms with Gasteiger partial charge in [-0.3, -0.25) is 30.5 Å². The molecule has 4 N–H and O–H groups in total. The second-order valence-corrected chi connectivity index (χ2v) is 13.4. The number of hydrogen-bond acceptors (Lipinski definition) is 9. The maximum absolute atomic E-state index is 13.8. The van der Waals surface area contributed by atoms with Crippen molar-refractivity contribution in [2.45, 2.75) is 77.0 Å². The van der Waals surface area contributed by atoms with Gasteiger partial charge in [0.1, 0.15) is 19.1 Å². The summed E-state index contributed by atoms with van der Waals surface area (Å²) in [5.74, 6) is -0.0484. The molecule has 222 valence electrons. The summed E-state index contributed by atoms with van der Waals surface area (Å²) < 4.78 is 6.00. The molecule has 41 heavy (non-hydrogen) atoms. The molecule has 6 atom stereocenters. The number of carbonyl (C=O) groups excluding carboxylic acids is 2. The Bertz CT molecular complexity index is 1220. The molecule has 11 nitrogen and oxygen atoms in total. The number of hydrazine groups is 1. The van der Waals surface area contributed by atoms with Crippen molar-refractivity contribution in [3.05, 3.63) is 41.5 Å². The highest BCUT2D eigenvalue weighted by atomic mass is 16.5. The summed E-state index contributed by atoms with van der Waals surface area (Å²) in [6.45, 7) is 8.39. The Morgan fingerprint density at radius 1 is 1.07 bits per heavy atom. The number of nitrogens with one attached hydrogen (secondary N) is 4. The number of fused-ring (bicyclic) bond motifs is 6. The number of amides is 2. The molecule has 6 unspecified atom stereocenters. The number of anilines is 1. The van der Waals surface area contributed by atoms with Crippen LogP contribution >= 0.6 is 0 Å². The van der Waals surface area contributed by atoms with Crippen molar-refractivity contribution in [2.75, 3.05) is 45.2 Å². The van der Waals surface area contributed by atoms with E-state index >= 15 is 0 Å². The third-order valence-corrected chi connectivity index (χ3v) is 9.67. The standard InChI is InChI=1S/C30H44N8O3/c1-30(2)11-4-5-12-37-28(40)22-15-31-29(32-21-7-6-20-16-35(3)13-10-19(20)14-21)34-26(22)38(37)24-9-8-23-27(33-24)36(18-30)25(39)17-41-23/h4-7,14,22-24,26-27,29,31-34H,8-13,15-18H2,1-3H3/b5-4-. The van der Waals surface area contributed by atoms with Crippen molar-refractivity contribution >= 4 is 17.5 Å². The highest BCUT2D eigenvalue weighted by Crippen LogP contribution is 2.35. The van der Waals surface area contributed by atoms with Crippen LogP contribution in [-0.4, -0.2) is 102 Å². The van der Waals surface area contributed by atoms with Crippen molar-refractivity contribution in [1.29, 1.82) is 0 Å². The highest BCUT2D eigenvalue weighted by Gasteiger charge is 2.54. The maximum atomic E-state index is 13.8. The Hall–Kier alpha value is -2.54. The van der Waals surface area contributed by atoms with E-state index in [0.29, 0.717) is 19.6 Å². The zero-order valence-corrected chi connectivity index (χ0v) is 24.4. The quantitative estimate of drug-likeness (QED) is 0.389. The molecule has 2 amide bonds. The monoisotopic (exact) mass is 564 g/mol. The van der Waals surface area contributed by atoms with E-state index in [-0.39, 0.29) is 60.6 Å². The van der Waals surface area contributed by atoms with Gasteiger partial charge in [0.2, 0.25) is 11.8 Å². The zero-order chi connectivity index (χ0) is 28.3. The number of piperidine rings is 1. The Kier molecular flexibility index (Phi) is 7.08. The lowest BCUT2D eigenvalue weighted by Gasteiger charge is -2.51. The highest BCUT2D eigenvalue weighted by molar-refractivity contribution is 5.82. The minimum absolute atomic E-state index is 0.0293. The minimum atomic E-state index is -0.209. The van der Waals surface area contributed by atoms with Gasteiger partial charge in [0, 0.05) is 31.9 Å². The Labute approximate surface area is 242 Å². The van der Waals surface area contributed by atoms with Gasteiger partial charge in [-0.05, 0) is 61.4 Å². The molecule has 4 saturated heterocycles. The van der Waals surface area contributed by atoms with E-state index in [1.54, 1.807) is 0 Å². The maximum Gasteiger partial charge on any atom is 0.249 e. The van der Waals surface area contributed by atoms with Gasteiger partial charge in [0.05, 0.1) is 30.9 Å². The normalized spacial score (nSPS) is 36.5. The predicted molar refractivity (Wildman–Crippen MR) is 155 cm³/mol. The lowest BCUT2D eigenvalue weighted by molar-refractivity contribution is -0.179. The molecule has 6 heterocycles. The van der Waals surface area contributed by atoms with Crippen LogP contribution in [0.3, 0.4) is 0 Å². The van der Waals surface area contributed by atoms with Crippen molar-refractivity contribution in [3.8, 4) is 0 Å². The Morgan fingerprint density at radius 2 is 1.95 bits per heavy atom. The van der Waals surface area contributed by atoms with Crippen LogP contribution in [-0.2, 0) is 27.3 Å². The number of carbonyl (C=O) groups is 2. The third-order valence-electron chi connectivity index (χ3n) is 9.67. The smallest absolute Gasteiger partial charge is 0.249 e. The van der Waals surface area contributed by atoms with E-state index in [9.17, 15) is 9.59 Å². The molecule has 7 rings (SSSR count). The molecule has 0 saturated carbocycles. The second kappa shape index (κ2) is 10.6. The fraction of sp³-hybridized carbons (Fsp3) is 0.667. The zero-order valence-electron chi connectivity index (χ0n) is 24.4. The van der Waals surface area contributed by atoms with Crippen LogP contribution in [0.4, 0.5) is 5.69 Å². The van der Waals surface area contributed by atoms with E-state index in [1.165, 1.54) is 11.1 Å². The summed E-state index contributed by atoms with van der Waals surface area (Å²) in [4.78, 5) is 31.2. The first-order chi connectivity index (χ1) is 19.8. The third kappa shape index (κ3) is 5.17. The van der Waals surface area contributed by atoms with Gasteiger partial charge in [-0.1, -0.05) is 32.1 Å². The molecule has 4 fully saturated rings.